The van der Waals surface area contributed by atoms with Gasteiger partial charge in [0.15, 0.2) is 0 Å². The Morgan fingerprint density at radius 1 is 0.550 bits per heavy atom. The molecule has 20 heavy (non-hydrogen) atoms. The van der Waals surface area contributed by atoms with E-state index in [0.29, 0.717) is 21.5 Å². The molecule has 2 heterocycles. The van der Waals surface area contributed by atoms with Crippen LogP contribution in [0.3, 0.4) is 0 Å². The largest absolute Gasteiger partial charge is 0.279 e. The van der Waals surface area contributed by atoms with Crippen molar-refractivity contribution in [2.75, 3.05) is 13.1 Å². The molecule has 6 atom stereocenters. The predicted molar refractivity (Wildman–Crippen MR) is 101 cm³/mol. The van der Waals surface area contributed by atoms with Crippen molar-refractivity contribution in [1.29, 1.82) is 0 Å². The fourth-order valence-electron chi connectivity index (χ4n) is 3.04. The van der Waals surface area contributed by atoms with Gasteiger partial charge in [0.25, 0.3) is 0 Å². The van der Waals surface area contributed by atoms with Gasteiger partial charge in [0.2, 0.25) is 0 Å². The van der Waals surface area contributed by atoms with Crippen LogP contribution in [0, 0.1) is 0 Å². The van der Waals surface area contributed by atoms with Gasteiger partial charge in [-0.3, -0.25) is 9.80 Å². The molecule has 0 radical (unpaired) electrons. The number of nitrogens with zero attached hydrogens (tertiary/aromatic N) is 2. The van der Waals surface area contributed by atoms with Crippen molar-refractivity contribution in [2.45, 2.75) is 72.2 Å². The molecule has 118 valence electrons. The first-order chi connectivity index (χ1) is 9.38. The molecule has 6 heteroatoms. The standard InChI is InChI=1S/C14H28N2S4/c1-9-15(10(2)18-13(5)17-9)7-8-16-11(3)19-14(6)20-12(16)4/h9-14H,7-8H2,1-6H3/t9-,10+,11-,12+,13?,14?. The molecule has 0 aromatic heterocycles. The highest BCUT2D eigenvalue weighted by Crippen LogP contribution is 2.42. The monoisotopic (exact) mass is 352 g/mol. The van der Waals surface area contributed by atoms with E-state index in [2.05, 4.69) is 98.4 Å². The van der Waals surface area contributed by atoms with E-state index in [9.17, 15) is 0 Å². The second kappa shape index (κ2) is 7.73. The lowest BCUT2D eigenvalue weighted by molar-refractivity contribution is 0.184. The van der Waals surface area contributed by atoms with Crippen LogP contribution in [0.5, 0.6) is 0 Å². The highest BCUT2D eigenvalue weighted by atomic mass is 32.2. The van der Waals surface area contributed by atoms with E-state index in [1.54, 1.807) is 0 Å². The molecule has 0 aromatic carbocycles. The molecule has 2 rings (SSSR count). The van der Waals surface area contributed by atoms with Gasteiger partial charge in [0.1, 0.15) is 0 Å². The fraction of sp³-hybridized carbons (Fsp3) is 1.00. The van der Waals surface area contributed by atoms with E-state index in [0.717, 1.165) is 9.16 Å². The average Bonchev–Trinajstić information content (AvgIpc) is 2.30. The summed E-state index contributed by atoms with van der Waals surface area (Å²) in [6, 6.07) is 0. The van der Waals surface area contributed by atoms with Gasteiger partial charge in [0, 0.05) is 13.1 Å². The Hall–Kier alpha value is 1.32. The van der Waals surface area contributed by atoms with Crippen molar-refractivity contribution in [3.63, 3.8) is 0 Å². The van der Waals surface area contributed by atoms with E-state index in [1.165, 1.54) is 13.1 Å². The molecular weight excluding hydrogens is 324 g/mol. The minimum atomic E-state index is 0.649. The molecule has 2 nitrogen and oxygen atoms in total. The Morgan fingerprint density at radius 2 is 0.800 bits per heavy atom. The Balaban J connectivity index is 1.87. The molecule has 0 aliphatic carbocycles. The molecule has 0 saturated carbocycles. The lowest BCUT2D eigenvalue weighted by atomic mass is 10.4. The van der Waals surface area contributed by atoms with Crippen molar-refractivity contribution in [2.24, 2.45) is 0 Å². The summed E-state index contributed by atoms with van der Waals surface area (Å²) in [6.45, 7) is 16.5. The minimum Gasteiger partial charge on any atom is -0.279 e. The van der Waals surface area contributed by atoms with Crippen LogP contribution in [0.4, 0.5) is 0 Å². The number of hydrogen-bond acceptors (Lipinski definition) is 6. The van der Waals surface area contributed by atoms with E-state index in [4.69, 9.17) is 0 Å². The van der Waals surface area contributed by atoms with Crippen molar-refractivity contribution >= 4 is 47.0 Å². The molecule has 0 N–H and O–H groups in total. The van der Waals surface area contributed by atoms with Crippen molar-refractivity contribution in [3.05, 3.63) is 0 Å². The van der Waals surface area contributed by atoms with Crippen molar-refractivity contribution < 1.29 is 0 Å². The van der Waals surface area contributed by atoms with Gasteiger partial charge < -0.3 is 0 Å². The first kappa shape index (κ1) is 17.7. The molecule has 0 amide bonds. The highest BCUT2D eigenvalue weighted by molar-refractivity contribution is 8.18. The normalized spacial score (nSPS) is 44.7. The van der Waals surface area contributed by atoms with Crippen LogP contribution in [0.2, 0.25) is 0 Å². The quantitative estimate of drug-likeness (QED) is 0.725. The first-order valence-electron chi connectivity index (χ1n) is 7.51. The molecule has 2 aliphatic rings. The van der Waals surface area contributed by atoms with Gasteiger partial charge in [-0.2, -0.15) is 0 Å². The van der Waals surface area contributed by atoms with Gasteiger partial charge in [-0.05, 0) is 41.5 Å². The second-order valence-electron chi connectivity index (χ2n) is 5.55. The Bertz CT molecular complexity index is 264. The molecule has 2 saturated heterocycles. The van der Waals surface area contributed by atoms with Crippen LogP contribution in [0.1, 0.15) is 41.5 Å². The van der Waals surface area contributed by atoms with Crippen LogP contribution < -0.4 is 0 Å². The van der Waals surface area contributed by atoms with E-state index in [1.807, 2.05) is 0 Å². The second-order valence-corrected chi connectivity index (χ2v) is 12.8. The average molecular weight is 353 g/mol. The number of rotatable bonds is 3. The maximum absolute atomic E-state index is 2.67. The van der Waals surface area contributed by atoms with Crippen LogP contribution in [0.15, 0.2) is 0 Å². The maximum atomic E-state index is 2.67. The number of thioether (sulfide) groups is 4. The van der Waals surface area contributed by atoms with Crippen LogP contribution >= 0.6 is 47.0 Å². The minimum absolute atomic E-state index is 0.649. The zero-order valence-electron chi connectivity index (χ0n) is 13.4. The Labute approximate surface area is 141 Å². The lowest BCUT2D eigenvalue weighted by Gasteiger charge is -2.45. The zero-order valence-corrected chi connectivity index (χ0v) is 16.7. The molecule has 0 aromatic rings. The van der Waals surface area contributed by atoms with E-state index >= 15 is 0 Å². The molecular formula is C14H28N2S4. The van der Waals surface area contributed by atoms with E-state index in [-0.39, 0.29) is 0 Å². The molecule has 2 fully saturated rings. The fourth-order valence-corrected chi connectivity index (χ4v) is 9.63. The summed E-state index contributed by atoms with van der Waals surface area (Å²) < 4.78 is 1.46. The molecule has 2 unspecified atom stereocenters. The molecule has 0 spiro atoms. The zero-order chi connectivity index (χ0) is 14.9. The summed E-state index contributed by atoms with van der Waals surface area (Å²) in [5, 5.41) is 2.60. The van der Waals surface area contributed by atoms with Gasteiger partial charge in [-0.1, -0.05) is 0 Å². The summed E-state index contributed by atoms with van der Waals surface area (Å²) in [7, 11) is 0. The highest BCUT2D eigenvalue weighted by Gasteiger charge is 2.33. The topological polar surface area (TPSA) is 6.48 Å². The smallest absolute Gasteiger partial charge is 0.0550 e. The summed E-state index contributed by atoms with van der Waals surface area (Å²) in [5.41, 5.74) is 0. The van der Waals surface area contributed by atoms with Gasteiger partial charge in [0.05, 0.1) is 30.7 Å². The van der Waals surface area contributed by atoms with Crippen LogP contribution in [-0.2, 0) is 0 Å². The SMILES string of the molecule is CC1S[C@@H](C)N(CCN2[C@H](C)SC(C)S[C@@H]2C)[C@@H](C)S1. The van der Waals surface area contributed by atoms with Gasteiger partial charge in [-0.25, -0.2) is 0 Å². The summed E-state index contributed by atoms with van der Waals surface area (Å²) in [4.78, 5) is 5.34. The van der Waals surface area contributed by atoms with Crippen LogP contribution in [-0.4, -0.2) is 53.5 Å². The van der Waals surface area contributed by atoms with Crippen LogP contribution in [0.25, 0.3) is 0 Å². The molecule has 2 aliphatic heterocycles. The molecule has 0 bridgehead atoms. The van der Waals surface area contributed by atoms with Gasteiger partial charge >= 0.3 is 0 Å². The maximum Gasteiger partial charge on any atom is 0.0550 e. The third-order valence-electron chi connectivity index (χ3n) is 4.04. The summed E-state index contributed by atoms with van der Waals surface area (Å²) in [5.74, 6) is 0. The predicted octanol–water partition coefficient (Wildman–Crippen LogP) is 4.63. The lowest BCUT2D eigenvalue weighted by Crippen LogP contribution is -2.49. The Morgan fingerprint density at radius 3 is 1.05 bits per heavy atom. The van der Waals surface area contributed by atoms with Crippen molar-refractivity contribution in [1.82, 2.24) is 9.80 Å². The third-order valence-corrected chi connectivity index (χ3v) is 9.56. The first-order valence-corrected chi connectivity index (χ1v) is 11.3. The summed E-state index contributed by atoms with van der Waals surface area (Å²) >= 11 is 8.41. The van der Waals surface area contributed by atoms with Gasteiger partial charge in [-0.15, -0.1) is 47.0 Å². The Kier molecular flexibility index (Phi) is 6.83. The summed E-state index contributed by atoms with van der Waals surface area (Å²) in [6.07, 6.45) is 0. The van der Waals surface area contributed by atoms with Crippen molar-refractivity contribution in [3.8, 4) is 0 Å². The van der Waals surface area contributed by atoms with E-state index < -0.39 is 0 Å². The number of hydrogen-bond donors (Lipinski definition) is 0. The third kappa shape index (κ3) is 4.42.